The van der Waals surface area contributed by atoms with Crippen LogP contribution in [0.2, 0.25) is 0 Å². The molecule has 100 valence electrons. The van der Waals surface area contributed by atoms with Gasteiger partial charge in [0.1, 0.15) is 0 Å². The van der Waals surface area contributed by atoms with Crippen molar-refractivity contribution < 1.29 is 9.47 Å². The minimum Gasteiger partial charge on any atom is -0.618 e. The first-order valence-electron chi connectivity index (χ1n) is 6.70. The number of pyridine rings is 1. The monoisotopic (exact) mass is 267 g/mol. The van der Waals surface area contributed by atoms with Gasteiger partial charge < -0.3 is 9.94 Å². The van der Waals surface area contributed by atoms with Crippen molar-refractivity contribution in [3.63, 3.8) is 0 Å². The maximum atomic E-state index is 11.4. The van der Waals surface area contributed by atoms with Gasteiger partial charge in [0.2, 0.25) is 0 Å². The van der Waals surface area contributed by atoms with Gasteiger partial charge in [0.15, 0.2) is 6.20 Å². The van der Waals surface area contributed by atoms with E-state index in [0.717, 1.165) is 22.1 Å². The first kappa shape index (κ1) is 13.7. The highest BCUT2D eigenvalue weighted by molar-refractivity contribution is 7.99. The fraction of sp³-hybridized carbons (Fsp3) is 0.643. The van der Waals surface area contributed by atoms with Crippen LogP contribution >= 0.6 is 11.8 Å². The lowest BCUT2D eigenvalue weighted by molar-refractivity contribution is -0.645. The van der Waals surface area contributed by atoms with E-state index in [1.807, 2.05) is 12.1 Å². The molecule has 0 bridgehead atoms. The second-order valence-electron chi connectivity index (χ2n) is 4.88. The van der Waals surface area contributed by atoms with Gasteiger partial charge >= 0.3 is 0 Å². The lowest BCUT2D eigenvalue weighted by Crippen LogP contribution is -2.28. The molecule has 2 rings (SSSR count). The molecule has 1 saturated carbocycles. The summed E-state index contributed by atoms with van der Waals surface area (Å²) in [6, 6.07) is 5.49. The highest BCUT2D eigenvalue weighted by Gasteiger charge is 2.21. The molecule has 3 nitrogen and oxygen atoms in total. The lowest BCUT2D eigenvalue weighted by Gasteiger charge is -2.28. The van der Waals surface area contributed by atoms with Gasteiger partial charge in [-0.3, -0.25) is 0 Å². The Labute approximate surface area is 113 Å². The summed E-state index contributed by atoms with van der Waals surface area (Å²) in [7, 11) is 0. The Hall–Kier alpha value is -0.740. The zero-order chi connectivity index (χ0) is 12.8. The maximum Gasteiger partial charge on any atom is 0.251 e. The van der Waals surface area contributed by atoms with E-state index in [1.165, 1.54) is 31.9 Å². The zero-order valence-electron chi connectivity index (χ0n) is 10.9. The summed E-state index contributed by atoms with van der Waals surface area (Å²) in [4.78, 5) is 0. The standard InChI is InChI=1S/C14H21NO2S/c1-12-6-2-3-7-13(12)17-10-11-18-14-8-4-5-9-15(14)16/h4-5,8-9,12-13H,2-3,6-7,10-11H2,1H3/t12-,13-/m1/s1. The first-order valence-corrected chi connectivity index (χ1v) is 7.68. The van der Waals surface area contributed by atoms with Gasteiger partial charge in [-0.15, -0.1) is 0 Å². The molecule has 1 aromatic heterocycles. The van der Waals surface area contributed by atoms with Crippen molar-refractivity contribution in [1.82, 2.24) is 0 Å². The van der Waals surface area contributed by atoms with Crippen LogP contribution in [0.3, 0.4) is 0 Å². The number of rotatable bonds is 5. The van der Waals surface area contributed by atoms with Crippen molar-refractivity contribution in [2.75, 3.05) is 12.4 Å². The van der Waals surface area contributed by atoms with E-state index < -0.39 is 0 Å². The lowest BCUT2D eigenvalue weighted by atomic mass is 9.88. The Balaban J connectivity index is 1.68. The fourth-order valence-corrected chi connectivity index (χ4v) is 3.15. The molecule has 1 aromatic rings. The zero-order valence-corrected chi connectivity index (χ0v) is 11.7. The van der Waals surface area contributed by atoms with Crippen LogP contribution in [0.4, 0.5) is 0 Å². The minimum absolute atomic E-state index is 0.425. The molecule has 4 heteroatoms. The van der Waals surface area contributed by atoms with Crippen LogP contribution in [0.5, 0.6) is 0 Å². The van der Waals surface area contributed by atoms with Crippen LogP contribution in [-0.2, 0) is 4.74 Å². The topological polar surface area (TPSA) is 36.2 Å². The van der Waals surface area contributed by atoms with Gasteiger partial charge in [-0.25, -0.2) is 0 Å². The van der Waals surface area contributed by atoms with Crippen molar-refractivity contribution in [2.24, 2.45) is 5.92 Å². The summed E-state index contributed by atoms with van der Waals surface area (Å²) in [5, 5.41) is 12.2. The molecule has 1 aliphatic carbocycles. The molecule has 1 heterocycles. The van der Waals surface area contributed by atoms with E-state index in [2.05, 4.69) is 6.92 Å². The van der Waals surface area contributed by atoms with Crippen LogP contribution < -0.4 is 4.73 Å². The van der Waals surface area contributed by atoms with Gasteiger partial charge in [0.05, 0.1) is 12.7 Å². The smallest absolute Gasteiger partial charge is 0.251 e. The van der Waals surface area contributed by atoms with Crippen LogP contribution in [0.25, 0.3) is 0 Å². The molecule has 0 aliphatic heterocycles. The van der Waals surface area contributed by atoms with Gasteiger partial charge in [-0.2, -0.15) is 4.73 Å². The van der Waals surface area contributed by atoms with Crippen LogP contribution in [0.1, 0.15) is 32.6 Å². The first-order chi connectivity index (χ1) is 8.77. The maximum absolute atomic E-state index is 11.4. The summed E-state index contributed by atoms with van der Waals surface area (Å²) in [5.74, 6) is 1.53. The molecule has 0 spiro atoms. The van der Waals surface area contributed by atoms with E-state index in [1.54, 1.807) is 17.8 Å². The highest BCUT2D eigenvalue weighted by atomic mass is 32.2. The molecule has 18 heavy (non-hydrogen) atoms. The molecule has 2 atom stereocenters. The number of hydrogen-bond donors (Lipinski definition) is 0. The Bertz CT molecular complexity index is 373. The molecule has 0 saturated heterocycles. The summed E-state index contributed by atoms with van der Waals surface area (Å²) in [5.41, 5.74) is 0. The molecule has 0 radical (unpaired) electrons. The van der Waals surface area contributed by atoms with Gasteiger partial charge in [0.25, 0.3) is 5.03 Å². The average Bonchev–Trinajstić information content (AvgIpc) is 2.38. The van der Waals surface area contributed by atoms with Crippen molar-refractivity contribution in [3.05, 3.63) is 29.6 Å². The van der Waals surface area contributed by atoms with Gasteiger partial charge in [0, 0.05) is 17.9 Å². The Morgan fingerprint density at radius 3 is 3.00 bits per heavy atom. The largest absolute Gasteiger partial charge is 0.618 e. The van der Waals surface area contributed by atoms with Crippen LogP contribution in [0.15, 0.2) is 29.4 Å². The normalized spacial score (nSPS) is 24.1. The highest BCUT2D eigenvalue weighted by Crippen LogP contribution is 2.26. The fourth-order valence-electron chi connectivity index (χ4n) is 2.40. The van der Waals surface area contributed by atoms with Gasteiger partial charge in [-0.1, -0.05) is 31.5 Å². The number of hydrogen-bond acceptors (Lipinski definition) is 3. The quantitative estimate of drug-likeness (QED) is 0.356. The third kappa shape index (κ3) is 3.89. The predicted molar refractivity (Wildman–Crippen MR) is 73.5 cm³/mol. The van der Waals surface area contributed by atoms with Crippen molar-refractivity contribution in [1.29, 1.82) is 0 Å². The van der Waals surface area contributed by atoms with E-state index >= 15 is 0 Å². The summed E-state index contributed by atoms with van der Waals surface area (Å²) in [6.45, 7) is 3.01. The molecule has 0 unspecified atom stereocenters. The van der Waals surface area contributed by atoms with E-state index in [-0.39, 0.29) is 0 Å². The van der Waals surface area contributed by atoms with E-state index in [4.69, 9.17) is 4.74 Å². The second-order valence-corrected chi connectivity index (χ2v) is 6.00. The second kappa shape index (κ2) is 7.00. The molecule has 1 aliphatic rings. The Morgan fingerprint density at radius 1 is 1.39 bits per heavy atom. The Kier molecular flexibility index (Phi) is 5.32. The van der Waals surface area contributed by atoms with Crippen molar-refractivity contribution in [3.8, 4) is 0 Å². The third-order valence-corrected chi connectivity index (χ3v) is 4.47. The van der Waals surface area contributed by atoms with Crippen molar-refractivity contribution >= 4 is 11.8 Å². The van der Waals surface area contributed by atoms with Crippen LogP contribution in [-0.4, -0.2) is 18.5 Å². The third-order valence-electron chi connectivity index (χ3n) is 3.49. The van der Waals surface area contributed by atoms with Gasteiger partial charge in [-0.05, 0) is 24.8 Å². The average molecular weight is 267 g/mol. The van der Waals surface area contributed by atoms with E-state index in [0.29, 0.717) is 12.0 Å². The number of nitrogens with zero attached hydrogens (tertiary/aromatic N) is 1. The summed E-state index contributed by atoms with van der Waals surface area (Å²) < 4.78 is 6.84. The predicted octanol–water partition coefficient (Wildman–Crippen LogP) is 3.01. The minimum atomic E-state index is 0.425. The molecular formula is C14H21NO2S. The van der Waals surface area contributed by atoms with Crippen molar-refractivity contribution in [2.45, 2.75) is 43.7 Å². The van der Waals surface area contributed by atoms with E-state index in [9.17, 15) is 5.21 Å². The number of thioether (sulfide) groups is 1. The molecule has 0 N–H and O–H groups in total. The number of ether oxygens (including phenoxy) is 1. The molecular weight excluding hydrogens is 246 g/mol. The summed E-state index contributed by atoms with van der Waals surface area (Å²) >= 11 is 1.56. The summed E-state index contributed by atoms with van der Waals surface area (Å²) in [6.07, 6.45) is 7.08. The molecule has 0 amide bonds. The number of aromatic nitrogens is 1. The molecule has 1 fully saturated rings. The van der Waals surface area contributed by atoms with Crippen LogP contribution in [0, 0.1) is 11.1 Å². The Morgan fingerprint density at radius 2 is 2.22 bits per heavy atom. The molecule has 0 aromatic carbocycles. The SMILES string of the molecule is C[C@@H]1CCCC[C@H]1OCCSc1cccc[n+]1[O-].